The van der Waals surface area contributed by atoms with Gasteiger partial charge in [0.15, 0.2) is 0 Å². The summed E-state index contributed by atoms with van der Waals surface area (Å²) < 4.78 is 67.8. The van der Waals surface area contributed by atoms with Crippen molar-refractivity contribution in [1.29, 1.82) is 0 Å². The van der Waals surface area contributed by atoms with E-state index in [1.165, 1.54) is 4.31 Å². The lowest BCUT2D eigenvalue weighted by Gasteiger charge is -2.28. The van der Waals surface area contributed by atoms with Gasteiger partial charge in [-0.1, -0.05) is 11.6 Å². The SMILES string of the molecule is O=S(=O)(c1ccc(OC(F)(F)F)cc1)N1CCc2nc3ccc(Cl)cc3cc2C1. The Morgan fingerprint density at radius 3 is 2.48 bits per heavy atom. The summed E-state index contributed by atoms with van der Waals surface area (Å²) >= 11 is 6.02. The Morgan fingerprint density at radius 1 is 1.07 bits per heavy atom. The number of pyridine rings is 1. The molecule has 0 bridgehead atoms. The number of hydrogen-bond acceptors (Lipinski definition) is 4. The van der Waals surface area contributed by atoms with Crippen LogP contribution >= 0.6 is 11.6 Å². The Kier molecular flexibility index (Phi) is 4.92. The minimum Gasteiger partial charge on any atom is -0.406 e. The van der Waals surface area contributed by atoms with Gasteiger partial charge in [0.1, 0.15) is 5.75 Å². The van der Waals surface area contributed by atoms with Gasteiger partial charge in [-0.05, 0) is 54.1 Å². The summed E-state index contributed by atoms with van der Waals surface area (Å²) in [5, 5.41) is 1.37. The quantitative estimate of drug-likeness (QED) is 0.597. The summed E-state index contributed by atoms with van der Waals surface area (Å²) in [5.74, 6) is -0.479. The summed E-state index contributed by atoms with van der Waals surface area (Å²) in [6.07, 6.45) is -4.40. The molecule has 152 valence electrons. The van der Waals surface area contributed by atoms with Gasteiger partial charge in [0, 0.05) is 35.6 Å². The molecule has 0 radical (unpaired) electrons. The van der Waals surface area contributed by atoms with Gasteiger partial charge >= 0.3 is 6.36 Å². The molecule has 0 fully saturated rings. The Labute approximate surface area is 169 Å². The third kappa shape index (κ3) is 4.17. The van der Waals surface area contributed by atoms with Crippen molar-refractivity contribution in [1.82, 2.24) is 9.29 Å². The van der Waals surface area contributed by atoms with Crippen LogP contribution in [-0.4, -0.2) is 30.6 Å². The minimum absolute atomic E-state index is 0.104. The molecule has 5 nitrogen and oxygen atoms in total. The number of sulfonamides is 1. The maximum Gasteiger partial charge on any atom is 0.573 e. The summed E-state index contributed by atoms with van der Waals surface area (Å²) in [7, 11) is -3.88. The third-order valence-electron chi connectivity index (χ3n) is 4.59. The number of rotatable bonds is 3. The molecular formula is C19H14ClF3N2O3S. The van der Waals surface area contributed by atoms with Gasteiger partial charge in [0.25, 0.3) is 0 Å². The van der Waals surface area contributed by atoms with Crippen LogP contribution in [0.3, 0.4) is 0 Å². The first-order valence-electron chi connectivity index (χ1n) is 8.56. The fourth-order valence-corrected chi connectivity index (χ4v) is 4.85. The monoisotopic (exact) mass is 442 g/mol. The van der Waals surface area contributed by atoms with E-state index in [0.29, 0.717) is 11.4 Å². The highest BCUT2D eigenvalue weighted by Crippen LogP contribution is 2.29. The van der Waals surface area contributed by atoms with Crippen LogP contribution in [0.4, 0.5) is 13.2 Å². The predicted molar refractivity (Wildman–Crippen MR) is 101 cm³/mol. The molecule has 4 rings (SSSR count). The molecule has 0 spiro atoms. The smallest absolute Gasteiger partial charge is 0.406 e. The van der Waals surface area contributed by atoms with E-state index in [2.05, 4.69) is 9.72 Å². The Bertz CT molecular complexity index is 1180. The topological polar surface area (TPSA) is 59.5 Å². The predicted octanol–water partition coefficient (Wildman–Crippen LogP) is 4.53. The molecule has 3 aromatic rings. The van der Waals surface area contributed by atoms with Crippen molar-refractivity contribution in [3.05, 3.63) is 64.8 Å². The van der Waals surface area contributed by atoms with Crippen LogP contribution in [0.5, 0.6) is 5.75 Å². The number of benzene rings is 2. The summed E-state index contributed by atoms with van der Waals surface area (Å²) in [4.78, 5) is 4.48. The molecule has 0 atom stereocenters. The normalized spacial score (nSPS) is 15.3. The van der Waals surface area contributed by atoms with E-state index in [1.807, 2.05) is 12.1 Å². The molecule has 0 amide bonds. The molecule has 2 aromatic carbocycles. The summed E-state index contributed by atoms with van der Waals surface area (Å²) in [6, 6.07) is 11.3. The number of nitrogens with zero attached hydrogens (tertiary/aromatic N) is 2. The van der Waals surface area contributed by atoms with Crippen LogP contribution in [0, 0.1) is 0 Å². The van der Waals surface area contributed by atoms with E-state index < -0.39 is 22.1 Å². The molecule has 2 heterocycles. The van der Waals surface area contributed by atoms with Gasteiger partial charge < -0.3 is 4.74 Å². The highest BCUT2D eigenvalue weighted by atomic mass is 35.5. The van der Waals surface area contributed by atoms with Crippen molar-refractivity contribution in [2.45, 2.75) is 24.2 Å². The highest BCUT2D eigenvalue weighted by molar-refractivity contribution is 7.89. The molecule has 0 aliphatic carbocycles. The molecule has 0 saturated carbocycles. The zero-order valence-electron chi connectivity index (χ0n) is 14.8. The van der Waals surface area contributed by atoms with Crippen molar-refractivity contribution in [2.24, 2.45) is 0 Å². The number of fused-ring (bicyclic) bond motifs is 2. The molecule has 1 aromatic heterocycles. The standard InChI is InChI=1S/C19H14ClF3N2O3S/c20-14-1-6-17-12(10-14)9-13-11-25(8-7-18(13)24-17)29(26,27)16-4-2-15(3-5-16)28-19(21,22)23/h1-6,9-10H,7-8,11H2. The minimum atomic E-state index is -4.84. The molecule has 29 heavy (non-hydrogen) atoms. The third-order valence-corrected chi connectivity index (χ3v) is 6.68. The largest absolute Gasteiger partial charge is 0.573 e. The first kappa shape index (κ1) is 19.9. The molecule has 1 aliphatic rings. The van der Waals surface area contributed by atoms with Crippen LogP contribution in [0.25, 0.3) is 10.9 Å². The average Bonchev–Trinajstić information content (AvgIpc) is 2.65. The van der Waals surface area contributed by atoms with Crippen LogP contribution < -0.4 is 4.74 Å². The van der Waals surface area contributed by atoms with Crippen LogP contribution in [0.15, 0.2) is 53.4 Å². The first-order valence-corrected chi connectivity index (χ1v) is 10.4. The Balaban J connectivity index is 1.60. The van der Waals surface area contributed by atoms with Gasteiger partial charge in [0.05, 0.1) is 10.4 Å². The van der Waals surface area contributed by atoms with E-state index in [0.717, 1.165) is 46.4 Å². The highest BCUT2D eigenvalue weighted by Gasteiger charge is 2.32. The van der Waals surface area contributed by atoms with E-state index in [4.69, 9.17) is 11.6 Å². The number of ether oxygens (including phenoxy) is 1. The lowest BCUT2D eigenvalue weighted by atomic mass is 10.0. The lowest BCUT2D eigenvalue weighted by Crippen LogP contribution is -2.36. The van der Waals surface area contributed by atoms with Crippen LogP contribution in [-0.2, 0) is 23.0 Å². The van der Waals surface area contributed by atoms with E-state index >= 15 is 0 Å². The second-order valence-electron chi connectivity index (χ2n) is 6.54. The lowest BCUT2D eigenvalue weighted by molar-refractivity contribution is -0.274. The Morgan fingerprint density at radius 2 is 1.79 bits per heavy atom. The summed E-state index contributed by atoms with van der Waals surface area (Å²) in [5.41, 5.74) is 2.37. The van der Waals surface area contributed by atoms with Crippen molar-refractivity contribution < 1.29 is 26.3 Å². The van der Waals surface area contributed by atoms with Crippen molar-refractivity contribution in [3.63, 3.8) is 0 Å². The van der Waals surface area contributed by atoms with Gasteiger partial charge in [-0.3, -0.25) is 4.98 Å². The molecule has 0 saturated heterocycles. The van der Waals surface area contributed by atoms with Crippen LogP contribution in [0.2, 0.25) is 5.02 Å². The average molecular weight is 443 g/mol. The summed E-state index contributed by atoms with van der Waals surface area (Å²) in [6.45, 7) is 0.343. The van der Waals surface area contributed by atoms with E-state index in [1.54, 1.807) is 12.1 Å². The number of aromatic nitrogens is 1. The maximum atomic E-state index is 12.9. The van der Waals surface area contributed by atoms with Gasteiger partial charge in [0.2, 0.25) is 10.0 Å². The molecular weight excluding hydrogens is 429 g/mol. The molecule has 0 unspecified atom stereocenters. The maximum absolute atomic E-state index is 12.9. The van der Waals surface area contributed by atoms with Gasteiger partial charge in [-0.2, -0.15) is 4.31 Å². The number of hydrogen-bond donors (Lipinski definition) is 0. The van der Waals surface area contributed by atoms with Gasteiger partial charge in [-0.15, -0.1) is 13.2 Å². The zero-order chi connectivity index (χ0) is 20.8. The number of halogens is 4. The number of alkyl halides is 3. The first-order chi connectivity index (χ1) is 13.6. The second kappa shape index (κ2) is 7.16. The van der Waals surface area contributed by atoms with E-state index in [9.17, 15) is 21.6 Å². The zero-order valence-corrected chi connectivity index (χ0v) is 16.4. The molecule has 1 aliphatic heterocycles. The second-order valence-corrected chi connectivity index (χ2v) is 8.91. The Hall–Kier alpha value is -2.36. The fraction of sp³-hybridized carbons (Fsp3) is 0.211. The van der Waals surface area contributed by atoms with Crippen molar-refractivity contribution in [2.75, 3.05) is 6.54 Å². The van der Waals surface area contributed by atoms with E-state index in [-0.39, 0.29) is 18.0 Å². The van der Waals surface area contributed by atoms with Crippen molar-refractivity contribution in [3.8, 4) is 5.75 Å². The van der Waals surface area contributed by atoms with Crippen molar-refractivity contribution >= 4 is 32.5 Å². The fourth-order valence-electron chi connectivity index (χ4n) is 3.25. The molecule has 0 N–H and O–H groups in total. The molecule has 10 heteroatoms. The van der Waals surface area contributed by atoms with Gasteiger partial charge in [-0.25, -0.2) is 8.42 Å². The van der Waals surface area contributed by atoms with Crippen LogP contribution in [0.1, 0.15) is 11.3 Å².